The van der Waals surface area contributed by atoms with E-state index in [0.717, 1.165) is 19.4 Å². The van der Waals surface area contributed by atoms with Gasteiger partial charge in [-0.1, -0.05) is 18.2 Å². The molecule has 1 aliphatic carbocycles. The molecular formula is C17H26F3IN4S. The molecule has 2 N–H and O–H groups in total. The van der Waals surface area contributed by atoms with Crippen molar-refractivity contribution < 1.29 is 13.2 Å². The van der Waals surface area contributed by atoms with Crippen molar-refractivity contribution in [3.63, 3.8) is 0 Å². The van der Waals surface area contributed by atoms with Gasteiger partial charge in [-0.25, -0.2) is 0 Å². The number of guanidine groups is 1. The Kier molecular flexibility index (Phi) is 9.53. The fourth-order valence-corrected chi connectivity index (χ4v) is 3.65. The largest absolute Gasteiger partial charge is 0.401 e. The van der Waals surface area contributed by atoms with Crippen LogP contribution in [0.15, 0.2) is 40.2 Å². The summed E-state index contributed by atoms with van der Waals surface area (Å²) in [4.78, 5) is 6.63. The molecule has 0 spiro atoms. The van der Waals surface area contributed by atoms with E-state index in [1.165, 1.54) is 16.8 Å². The van der Waals surface area contributed by atoms with E-state index >= 15 is 0 Å². The van der Waals surface area contributed by atoms with Crippen LogP contribution in [0.5, 0.6) is 0 Å². The van der Waals surface area contributed by atoms with Crippen LogP contribution in [0.4, 0.5) is 13.2 Å². The number of aliphatic imine (C=N–C) groups is 1. The van der Waals surface area contributed by atoms with Crippen molar-refractivity contribution in [2.24, 2.45) is 4.99 Å². The topological polar surface area (TPSA) is 39.7 Å². The van der Waals surface area contributed by atoms with E-state index in [1.807, 2.05) is 30.0 Å². The van der Waals surface area contributed by atoms with Crippen molar-refractivity contribution in [3.05, 3.63) is 30.3 Å². The first-order chi connectivity index (χ1) is 11.8. The fourth-order valence-electron chi connectivity index (χ4n) is 2.41. The highest BCUT2D eigenvalue weighted by Crippen LogP contribution is 2.51. The molecule has 2 rings (SSSR count). The second-order valence-corrected chi connectivity index (χ2v) is 7.85. The number of thioether (sulfide) groups is 1. The molecule has 1 aliphatic rings. The number of alkyl halides is 3. The Labute approximate surface area is 174 Å². The minimum absolute atomic E-state index is 0. The van der Waals surface area contributed by atoms with Crippen molar-refractivity contribution in [2.45, 2.75) is 28.7 Å². The maximum Gasteiger partial charge on any atom is 0.401 e. The highest BCUT2D eigenvalue weighted by Gasteiger charge is 2.43. The lowest BCUT2D eigenvalue weighted by atomic mass is 10.4. The van der Waals surface area contributed by atoms with Crippen molar-refractivity contribution >= 4 is 41.7 Å². The zero-order valence-electron chi connectivity index (χ0n) is 15.0. The van der Waals surface area contributed by atoms with Crippen molar-refractivity contribution in [3.8, 4) is 0 Å². The van der Waals surface area contributed by atoms with Gasteiger partial charge in [-0.2, -0.15) is 13.2 Å². The highest BCUT2D eigenvalue weighted by molar-refractivity contribution is 14.0. The van der Waals surface area contributed by atoms with E-state index in [2.05, 4.69) is 27.8 Å². The second kappa shape index (κ2) is 10.6. The Morgan fingerprint density at radius 2 is 1.88 bits per heavy atom. The molecule has 4 nitrogen and oxygen atoms in total. The standard InChI is InChI=1S/C17H25F3N4S.HI/c1-21-15(22-10-11-24(2)13-17(18,19)20)23-12-16(8-9-16)25-14-6-4-3-5-7-14;/h3-7H,8-13H2,1-2H3,(H2,21,22,23);1H. The third-order valence-electron chi connectivity index (χ3n) is 3.92. The van der Waals surface area contributed by atoms with Crippen LogP contribution in [0.1, 0.15) is 12.8 Å². The van der Waals surface area contributed by atoms with Crippen molar-refractivity contribution in [1.82, 2.24) is 15.5 Å². The minimum atomic E-state index is -4.16. The first-order valence-electron chi connectivity index (χ1n) is 8.26. The zero-order valence-corrected chi connectivity index (χ0v) is 18.1. The molecule has 0 unspecified atom stereocenters. The SMILES string of the molecule is CN=C(NCCN(C)CC(F)(F)F)NCC1(Sc2ccccc2)CC1.I. The van der Waals surface area contributed by atoms with E-state index in [0.29, 0.717) is 19.0 Å². The molecule has 1 saturated carbocycles. The van der Waals surface area contributed by atoms with Crippen LogP contribution in [-0.2, 0) is 0 Å². The number of nitrogens with zero attached hydrogens (tertiary/aromatic N) is 2. The molecule has 0 aliphatic heterocycles. The Morgan fingerprint density at radius 1 is 1.23 bits per heavy atom. The molecule has 1 fully saturated rings. The summed E-state index contributed by atoms with van der Waals surface area (Å²) in [6.07, 6.45) is -1.88. The van der Waals surface area contributed by atoms with E-state index in [9.17, 15) is 13.2 Å². The number of hydrogen-bond donors (Lipinski definition) is 2. The van der Waals surface area contributed by atoms with Crippen LogP contribution in [0.2, 0.25) is 0 Å². The number of likely N-dealkylation sites (N-methyl/N-ethyl adjacent to an activating group) is 1. The van der Waals surface area contributed by atoms with E-state index < -0.39 is 12.7 Å². The molecule has 1 aromatic carbocycles. The lowest BCUT2D eigenvalue weighted by Gasteiger charge is -2.21. The fraction of sp³-hybridized carbons (Fsp3) is 0.588. The van der Waals surface area contributed by atoms with E-state index in [1.54, 1.807) is 7.05 Å². The minimum Gasteiger partial charge on any atom is -0.355 e. The average molecular weight is 502 g/mol. The molecule has 0 amide bonds. The Bertz CT molecular complexity index is 565. The Balaban J connectivity index is 0.00000338. The molecule has 0 saturated heterocycles. The van der Waals surface area contributed by atoms with Gasteiger partial charge in [-0.3, -0.25) is 9.89 Å². The third-order valence-corrected chi connectivity index (χ3v) is 5.42. The van der Waals surface area contributed by atoms with Crippen LogP contribution >= 0.6 is 35.7 Å². The van der Waals surface area contributed by atoms with Crippen LogP contribution in [0.25, 0.3) is 0 Å². The van der Waals surface area contributed by atoms with Gasteiger partial charge in [-0.15, -0.1) is 35.7 Å². The Hall–Kier alpha value is -0.680. The smallest absolute Gasteiger partial charge is 0.355 e. The summed E-state index contributed by atoms with van der Waals surface area (Å²) in [6, 6.07) is 10.3. The van der Waals surface area contributed by atoms with Crippen LogP contribution < -0.4 is 10.6 Å². The van der Waals surface area contributed by atoms with Gasteiger partial charge < -0.3 is 10.6 Å². The van der Waals surface area contributed by atoms with Crippen molar-refractivity contribution in [1.29, 1.82) is 0 Å². The van der Waals surface area contributed by atoms with Gasteiger partial charge >= 0.3 is 6.18 Å². The number of hydrogen-bond acceptors (Lipinski definition) is 3. The van der Waals surface area contributed by atoms with Crippen molar-refractivity contribution in [2.75, 3.05) is 40.3 Å². The summed E-state index contributed by atoms with van der Waals surface area (Å²) < 4.78 is 37.1. The average Bonchev–Trinajstić information content (AvgIpc) is 3.29. The molecule has 26 heavy (non-hydrogen) atoms. The van der Waals surface area contributed by atoms with E-state index in [-0.39, 0.29) is 28.7 Å². The van der Waals surface area contributed by atoms with Gasteiger partial charge in [0.2, 0.25) is 0 Å². The van der Waals surface area contributed by atoms with Crippen LogP contribution in [0.3, 0.4) is 0 Å². The normalized spacial score (nSPS) is 16.2. The quantitative estimate of drug-likeness (QED) is 0.324. The maximum absolute atomic E-state index is 12.3. The molecule has 0 radical (unpaired) electrons. The number of nitrogens with one attached hydrogen (secondary N) is 2. The molecule has 0 bridgehead atoms. The summed E-state index contributed by atoms with van der Waals surface area (Å²) in [5.74, 6) is 0.625. The predicted molar refractivity (Wildman–Crippen MR) is 113 cm³/mol. The van der Waals surface area contributed by atoms with Gasteiger partial charge in [-0.05, 0) is 32.0 Å². The number of rotatable bonds is 8. The molecule has 1 aromatic rings. The molecule has 148 valence electrons. The van der Waals surface area contributed by atoms with Gasteiger partial charge in [0.15, 0.2) is 5.96 Å². The predicted octanol–water partition coefficient (Wildman–Crippen LogP) is 3.59. The third kappa shape index (κ3) is 8.81. The summed E-state index contributed by atoms with van der Waals surface area (Å²) in [6.45, 7) is 0.581. The van der Waals surface area contributed by atoms with Gasteiger partial charge in [0, 0.05) is 36.3 Å². The summed E-state index contributed by atoms with van der Waals surface area (Å²) in [5, 5.41) is 6.36. The summed E-state index contributed by atoms with van der Waals surface area (Å²) >= 11 is 1.87. The highest BCUT2D eigenvalue weighted by atomic mass is 127. The Morgan fingerprint density at radius 3 is 2.42 bits per heavy atom. The second-order valence-electron chi connectivity index (χ2n) is 6.30. The summed E-state index contributed by atoms with van der Waals surface area (Å²) in [7, 11) is 3.12. The molecule has 9 heteroatoms. The summed E-state index contributed by atoms with van der Waals surface area (Å²) in [5.41, 5.74) is 0. The molecule has 0 atom stereocenters. The lowest BCUT2D eigenvalue weighted by Crippen LogP contribution is -2.44. The van der Waals surface area contributed by atoms with Gasteiger partial charge in [0.25, 0.3) is 0 Å². The zero-order chi connectivity index (χ0) is 18.3. The molecular weight excluding hydrogens is 476 g/mol. The first-order valence-corrected chi connectivity index (χ1v) is 9.07. The molecule has 0 aromatic heterocycles. The number of benzene rings is 1. The lowest BCUT2D eigenvalue weighted by molar-refractivity contribution is -0.142. The first kappa shape index (κ1) is 23.4. The van der Waals surface area contributed by atoms with Crippen LogP contribution in [0, 0.1) is 0 Å². The monoisotopic (exact) mass is 502 g/mol. The van der Waals surface area contributed by atoms with Crippen LogP contribution in [-0.4, -0.2) is 62.1 Å². The van der Waals surface area contributed by atoms with Gasteiger partial charge in [0.05, 0.1) is 6.54 Å². The number of halogens is 4. The van der Waals surface area contributed by atoms with Gasteiger partial charge in [0.1, 0.15) is 0 Å². The molecule has 0 heterocycles. The van der Waals surface area contributed by atoms with E-state index in [4.69, 9.17) is 0 Å². The maximum atomic E-state index is 12.3.